The molecule has 0 aliphatic heterocycles. The van der Waals surface area contributed by atoms with Crippen LogP contribution in [0.3, 0.4) is 0 Å². The van der Waals surface area contributed by atoms with Crippen LogP contribution >= 0.6 is 11.3 Å². The molecule has 0 atom stereocenters. The van der Waals surface area contributed by atoms with Crippen LogP contribution < -0.4 is 0 Å². The zero-order valence-electron chi connectivity index (χ0n) is 10.5. The lowest BCUT2D eigenvalue weighted by Gasteiger charge is -2.14. The van der Waals surface area contributed by atoms with Gasteiger partial charge in [0.05, 0.1) is 11.4 Å². The van der Waals surface area contributed by atoms with Crippen LogP contribution in [0.4, 0.5) is 0 Å². The lowest BCUT2D eigenvalue weighted by molar-refractivity contribution is 0.0701. The molecule has 1 amide bonds. The fraction of sp³-hybridized carbons (Fsp3) is 0.231. The molecule has 0 aliphatic rings. The van der Waals surface area contributed by atoms with Gasteiger partial charge in [-0.1, -0.05) is 0 Å². The summed E-state index contributed by atoms with van der Waals surface area (Å²) in [5.74, 6) is 0.253. The molecule has 2 heterocycles. The van der Waals surface area contributed by atoms with Crippen molar-refractivity contribution in [1.82, 2.24) is 4.90 Å². The molecule has 1 N–H and O–H groups in total. The number of nitrogens with zero attached hydrogens (tertiary/aromatic N) is 1. The molecule has 2 aromatic rings. The van der Waals surface area contributed by atoms with E-state index in [2.05, 4.69) is 0 Å². The Bertz CT molecular complexity index is 614. The summed E-state index contributed by atoms with van der Waals surface area (Å²) in [4.78, 5) is 24.9. The highest BCUT2D eigenvalue weighted by atomic mass is 32.1. The summed E-state index contributed by atoms with van der Waals surface area (Å²) >= 11 is 0.972. The van der Waals surface area contributed by atoms with E-state index < -0.39 is 5.97 Å². The van der Waals surface area contributed by atoms with Crippen LogP contribution in [-0.4, -0.2) is 28.9 Å². The van der Waals surface area contributed by atoms with Crippen molar-refractivity contribution < 1.29 is 19.1 Å². The number of carboxylic acid groups (broad SMARTS) is 1. The molecular weight excluding hydrogens is 266 g/mol. The Hall–Kier alpha value is -2.08. The topological polar surface area (TPSA) is 70.8 Å². The Balaban J connectivity index is 2.07. The van der Waals surface area contributed by atoms with Crippen molar-refractivity contribution in [3.63, 3.8) is 0 Å². The first-order chi connectivity index (χ1) is 8.97. The van der Waals surface area contributed by atoms with Crippen LogP contribution in [0.15, 0.2) is 28.7 Å². The predicted molar refractivity (Wildman–Crippen MR) is 70.5 cm³/mol. The van der Waals surface area contributed by atoms with Crippen LogP contribution in [0.5, 0.6) is 0 Å². The number of aromatic carboxylic acids is 1. The van der Waals surface area contributed by atoms with Crippen LogP contribution in [0.1, 0.15) is 30.9 Å². The minimum atomic E-state index is -1.02. The molecule has 0 bridgehead atoms. The van der Waals surface area contributed by atoms with E-state index in [1.54, 1.807) is 7.05 Å². The highest BCUT2D eigenvalue weighted by Gasteiger charge is 2.17. The molecule has 0 saturated carbocycles. The second-order valence-electron chi connectivity index (χ2n) is 4.14. The third kappa shape index (κ3) is 3.03. The number of thiophene rings is 1. The van der Waals surface area contributed by atoms with Gasteiger partial charge < -0.3 is 14.4 Å². The molecule has 5 nitrogen and oxygen atoms in total. The number of hydrogen-bond donors (Lipinski definition) is 1. The van der Waals surface area contributed by atoms with Gasteiger partial charge in [0.15, 0.2) is 0 Å². The molecule has 2 rings (SSSR count). The fourth-order valence-corrected chi connectivity index (χ4v) is 2.47. The number of amides is 1. The Morgan fingerprint density at radius 1 is 1.26 bits per heavy atom. The van der Waals surface area contributed by atoms with Crippen LogP contribution in [0.2, 0.25) is 0 Å². The summed E-state index contributed by atoms with van der Waals surface area (Å²) in [6.45, 7) is 2.19. The van der Waals surface area contributed by atoms with E-state index in [1.807, 2.05) is 19.1 Å². The Kier molecular flexibility index (Phi) is 3.71. The van der Waals surface area contributed by atoms with Gasteiger partial charge in [0.1, 0.15) is 16.4 Å². The lowest BCUT2D eigenvalue weighted by atomic mass is 10.3. The molecule has 6 heteroatoms. The normalized spacial score (nSPS) is 10.4. The number of carbonyl (C=O) groups is 2. The molecule has 19 heavy (non-hydrogen) atoms. The minimum absolute atomic E-state index is 0.158. The minimum Gasteiger partial charge on any atom is -0.477 e. The van der Waals surface area contributed by atoms with Gasteiger partial charge >= 0.3 is 5.97 Å². The van der Waals surface area contributed by atoms with Gasteiger partial charge in [0.25, 0.3) is 5.91 Å². The number of furan rings is 1. The van der Waals surface area contributed by atoms with E-state index in [9.17, 15) is 9.59 Å². The second-order valence-corrected chi connectivity index (χ2v) is 5.23. The number of aryl methyl sites for hydroxylation is 1. The molecule has 0 spiro atoms. The first-order valence-electron chi connectivity index (χ1n) is 5.61. The summed E-state index contributed by atoms with van der Waals surface area (Å²) in [5.41, 5.74) is 0. The SMILES string of the molecule is Cc1ccc(CN(C)C(=O)c2ccc(C(=O)O)s2)o1. The third-order valence-electron chi connectivity index (χ3n) is 2.56. The van der Waals surface area contributed by atoms with Crippen molar-refractivity contribution in [2.45, 2.75) is 13.5 Å². The maximum Gasteiger partial charge on any atom is 0.345 e. The van der Waals surface area contributed by atoms with E-state index in [1.165, 1.54) is 17.0 Å². The average Bonchev–Trinajstić information content (AvgIpc) is 2.97. The number of rotatable bonds is 4. The van der Waals surface area contributed by atoms with Crippen molar-refractivity contribution >= 4 is 23.2 Å². The maximum atomic E-state index is 12.1. The zero-order valence-corrected chi connectivity index (χ0v) is 11.4. The first kappa shape index (κ1) is 13.4. The zero-order chi connectivity index (χ0) is 14.0. The highest BCUT2D eigenvalue weighted by molar-refractivity contribution is 7.15. The summed E-state index contributed by atoms with van der Waals surface area (Å²) in [6.07, 6.45) is 0. The van der Waals surface area contributed by atoms with Crippen molar-refractivity contribution in [2.24, 2.45) is 0 Å². The second kappa shape index (κ2) is 5.27. The van der Waals surface area contributed by atoms with Crippen LogP contribution in [-0.2, 0) is 6.54 Å². The molecule has 2 aromatic heterocycles. The maximum absolute atomic E-state index is 12.1. The fourth-order valence-electron chi connectivity index (χ4n) is 1.63. The first-order valence-corrected chi connectivity index (χ1v) is 6.43. The summed E-state index contributed by atoms with van der Waals surface area (Å²) in [5, 5.41) is 8.83. The van der Waals surface area contributed by atoms with Crippen molar-refractivity contribution in [2.75, 3.05) is 7.05 Å². The Morgan fingerprint density at radius 2 is 1.95 bits per heavy atom. The van der Waals surface area contributed by atoms with Crippen LogP contribution in [0.25, 0.3) is 0 Å². The molecule has 0 radical (unpaired) electrons. The molecule has 0 aromatic carbocycles. The summed E-state index contributed by atoms with van der Waals surface area (Å²) < 4.78 is 5.40. The van der Waals surface area contributed by atoms with E-state index in [0.717, 1.165) is 17.1 Å². The number of hydrogen-bond acceptors (Lipinski definition) is 4. The van der Waals surface area contributed by atoms with Gasteiger partial charge in [-0.05, 0) is 31.2 Å². The van der Waals surface area contributed by atoms with Crippen LogP contribution in [0, 0.1) is 6.92 Å². The standard InChI is InChI=1S/C13H13NO4S/c1-8-3-4-9(18-8)7-14(2)12(15)10-5-6-11(19-10)13(16)17/h3-6H,7H2,1-2H3,(H,16,17). The van der Waals surface area contributed by atoms with Crippen molar-refractivity contribution in [3.8, 4) is 0 Å². The quantitative estimate of drug-likeness (QED) is 0.934. The average molecular weight is 279 g/mol. The largest absolute Gasteiger partial charge is 0.477 e. The molecule has 0 fully saturated rings. The summed E-state index contributed by atoms with van der Waals surface area (Å²) in [7, 11) is 1.65. The van der Waals surface area contributed by atoms with Gasteiger partial charge in [-0.3, -0.25) is 4.79 Å². The number of carbonyl (C=O) groups excluding carboxylic acids is 1. The molecular formula is C13H13NO4S. The van der Waals surface area contributed by atoms with E-state index in [-0.39, 0.29) is 10.8 Å². The molecule has 0 unspecified atom stereocenters. The van der Waals surface area contributed by atoms with E-state index in [4.69, 9.17) is 9.52 Å². The van der Waals surface area contributed by atoms with Gasteiger partial charge in [-0.25, -0.2) is 4.79 Å². The molecule has 100 valence electrons. The monoisotopic (exact) mass is 279 g/mol. The van der Waals surface area contributed by atoms with Gasteiger partial charge in [-0.2, -0.15) is 0 Å². The predicted octanol–water partition coefficient (Wildman–Crippen LogP) is 2.62. The van der Waals surface area contributed by atoms with Crippen molar-refractivity contribution in [3.05, 3.63) is 45.5 Å². The lowest BCUT2D eigenvalue weighted by Crippen LogP contribution is -2.25. The van der Waals surface area contributed by atoms with Gasteiger partial charge in [0, 0.05) is 7.05 Å². The van der Waals surface area contributed by atoms with Gasteiger partial charge in [-0.15, -0.1) is 11.3 Å². The smallest absolute Gasteiger partial charge is 0.345 e. The molecule has 0 saturated heterocycles. The van der Waals surface area contributed by atoms with Crippen molar-refractivity contribution in [1.29, 1.82) is 0 Å². The summed E-state index contributed by atoms with van der Waals surface area (Å²) in [6, 6.07) is 6.61. The Morgan fingerprint density at radius 3 is 2.47 bits per heavy atom. The highest BCUT2D eigenvalue weighted by Crippen LogP contribution is 2.19. The third-order valence-corrected chi connectivity index (χ3v) is 3.62. The molecule has 0 aliphatic carbocycles. The van der Waals surface area contributed by atoms with E-state index >= 15 is 0 Å². The van der Waals surface area contributed by atoms with E-state index in [0.29, 0.717) is 17.2 Å². The number of carboxylic acids is 1. The Labute approximate surface area is 114 Å². The van der Waals surface area contributed by atoms with Gasteiger partial charge in [0.2, 0.25) is 0 Å².